The molecule has 19 heavy (non-hydrogen) atoms. The zero-order chi connectivity index (χ0) is 15.4. The summed E-state index contributed by atoms with van der Waals surface area (Å²) in [6, 6.07) is 0. The lowest BCUT2D eigenvalue weighted by Crippen LogP contribution is -2.46. The maximum Gasteiger partial charge on any atom is 0.192 e. The van der Waals surface area contributed by atoms with Crippen molar-refractivity contribution in [3.63, 3.8) is 0 Å². The maximum atomic E-state index is 11.1. The first kappa shape index (κ1) is 18.8. The highest BCUT2D eigenvalue weighted by atomic mass is 28.4. The summed E-state index contributed by atoms with van der Waals surface area (Å²) >= 11 is 0. The number of hydrogen-bond acceptors (Lipinski definition) is 3. The first-order chi connectivity index (χ1) is 8.36. The number of aliphatic hydroxyl groups is 1. The summed E-state index contributed by atoms with van der Waals surface area (Å²) in [6.07, 6.45) is 0.207. The average Bonchev–Trinajstić information content (AvgIpc) is 2.12. The third-order valence-corrected chi connectivity index (χ3v) is 8.53. The van der Waals surface area contributed by atoms with E-state index in [4.69, 9.17) is 4.43 Å². The normalized spacial score (nSPS) is 16.5. The molecule has 0 saturated carbocycles. The molecule has 0 aliphatic heterocycles. The fraction of sp³-hybridized carbons (Fsp3) is 0.933. The van der Waals surface area contributed by atoms with Gasteiger partial charge in [-0.05, 0) is 37.4 Å². The molecule has 0 aliphatic rings. The summed E-state index contributed by atoms with van der Waals surface area (Å²) in [5.74, 6) is 0.373. The van der Waals surface area contributed by atoms with Gasteiger partial charge in [-0.25, -0.2) is 0 Å². The minimum absolute atomic E-state index is 0.0234. The van der Waals surface area contributed by atoms with Crippen LogP contribution in [0.2, 0.25) is 18.1 Å². The highest BCUT2D eigenvalue weighted by Crippen LogP contribution is 2.38. The van der Waals surface area contributed by atoms with Crippen molar-refractivity contribution >= 4 is 14.1 Å². The lowest BCUT2D eigenvalue weighted by molar-refractivity contribution is -0.119. The van der Waals surface area contributed by atoms with E-state index in [2.05, 4.69) is 47.7 Å². The van der Waals surface area contributed by atoms with Gasteiger partial charge in [-0.15, -0.1) is 0 Å². The van der Waals surface area contributed by atoms with Gasteiger partial charge in [0, 0.05) is 12.5 Å². The number of aliphatic hydroxyl groups excluding tert-OH is 1. The Kier molecular flexibility index (Phi) is 6.93. The van der Waals surface area contributed by atoms with Crippen molar-refractivity contribution < 1.29 is 14.3 Å². The molecular weight excluding hydrogens is 256 g/mol. The van der Waals surface area contributed by atoms with E-state index >= 15 is 0 Å². The largest absolute Gasteiger partial charge is 0.414 e. The zero-order valence-corrected chi connectivity index (χ0v) is 14.9. The van der Waals surface area contributed by atoms with Crippen molar-refractivity contribution in [1.82, 2.24) is 0 Å². The number of rotatable bonds is 7. The Balaban J connectivity index is 4.72. The third kappa shape index (κ3) is 6.68. The van der Waals surface area contributed by atoms with E-state index in [1.807, 2.05) is 0 Å². The van der Waals surface area contributed by atoms with Crippen molar-refractivity contribution in [2.24, 2.45) is 5.92 Å². The summed E-state index contributed by atoms with van der Waals surface area (Å²) in [5.41, 5.74) is 0. The van der Waals surface area contributed by atoms with Gasteiger partial charge in [-0.3, -0.25) is 4.79 Å². The molecule has 0 unspecified atom stereocenters. The van der Waals surface area contributed by atoms with E-state index in [9.17, 15) is 9.90 Å². The number of hydrogen-bond donors (Lipinski definition) is 1. The van der Waals surface area contributed by atoms with Crippen molar-refractivity contribution in [2.45, 2.75) is 84.7 Å². The second-order valence-electron chi connectivity index (χ2n) is 7.46. The molecule has 0 heterocycles. The summed E-state index contributed by atoms with van der Waals surface area (Å²) < 4.78 is 6.38. The Morgan fingerprint density at radius 2 is 1.74 bits per heavy atom. The van der Waals surface area contributed by atoms with E-state index in [-0.39, 0.29) is 23.3 Å². The molecule has 114 valence electrons. The van der Waals surface area contributed by atoms with Gasteiger partial charge in [-0.1, -0.05) is 34.6 Å². The highest BCUT2D eigenvalue weighted by Gasteiger charge is 2.40. The number of carbonyl (C=O) groups excluding carboxylic acids is 1. The molecule has 2 atom stereocenters. The van der Waals surface area contributed by atoms with E-state index in [1.165, 1.54) is 6.92 Å². The molecule has 0 aromatic rings. The van der Waals surface area contributed by atoms with Crippen LogP contribution in [0, 0.1) is 5.92 Å². The maximum absolute atomic E-state index is 11.1. The summed E-state index contributed by atoms with van der Waals surface area (Å²) in [5, 5.41) is 10.1. The highest BCUT2D eigenvalue weighted by molar-refractivity contribution is 6.74. The minimum atomic E-state index is -1.83. The van der Waals surface area contributed by atoms with Crippen LogP contribution in [0.3, 0.4) is 0 Å². The van der Waals surface area contributed by atoms with Gasteiger partial charge in [-0.2, -0.15) is 0 Å². The van der Waals surface area contributed by atoms with Crippen LogP contribution in [0.1, 0.15) is 54.4 Å². The van der Waals surface area contributed by atoms with Crippen molar-refractivity contribution in [3.8, 4) is 0 Å². The Labute approximate surface area is 119 Å². The lowest BCUT2D eigenvalue weighted by Gasteiger charge is -2.41. The van der Waals surface area contributed by atoms with E-state index < -0.39 is 14.4 Å². The zero-order valence-electron chi connectivity index (χ0n) is 13.9. The molecule has 0 spiro atoms. The van der Waals surface area contributed by atoms with E-state index in [1.54, 1.807) is 0 Å². The molecule has 0 radical (unpaired) electrons. The SMILES string of the molecule is CC(=O)C[C@H](O)C[C@@H](O[Si](C)(C)C(C)(C)C)C(C)C. The number of ketones is 1. The van der Waals surface area contributed by atoms with Gasteiger partial charge in [0.15, 0.2) is 8.32 Å². The summed E-state index contributed by atoms with van der Waals surface area (Å²) in [7, 11) is -1.83. The molecular formula is C15H32O3Si. The van der Waals surface area contributed by atoms with Crippen LogP contribution >= 0.6 is 0 Å². The Bertz CT molecular complexity index is 292. The summed E-state index contributed by atoms with van der Waals surface area (Å²) in [6.45, 7) is 16.8. The number of carbonyl (C=O) groups is 1. The van der Waals surface area contributed by atoms with Crippen molar-refractivity contribution in [3.05, 3.63) is 0 Å². The smallest absolute Gasteiger partial charge is 0.192 e. The topological polar surface area (TPSA) is 46.5 Å². The van der Waals surface area contributed by atoms with Gasteiger partial charge in [0.25, 0.3) is 0 Å². The van der Waals surface area contributed by atoms with Crippen LogP contribution in [0.5, 0.6) is 0 Å². The molecule has 0 aliphatic carbocycles. The van der Waals surface area contributed by atoms with Crippen LogP contribution in [-0.4, -0.2) is 31.4 Å². The molecule has 1 N–H and O–H groups in total. The first-order valence-electron chi connectivity index (χ1n) is 7.22. The van der Waals surface area contributed by atoms with Gasteiger partial charge in [0.05, 0.1) is 6.10 Å². The van der Waals surface area contributed by atoms with Crippen LogP contribution in [0.15, 0.2) is 0 Å². The Hall–Kier alpha value is -0.193. The van der Waals surface area contributed by atoms with E-state index in [0.717, 1.165) is 0 Å². The van der Waals surface area contributed by atoms with Gasteiger partial charge >= 0.3 is 0 Å². The van der Waals surface area contributed by atoms with Crippen LogP contribution in [-0.2, 0) is 9.22 Å². The van der Waals surface area contributed by atoms with Gasteiger partial charge in [0.1, 0.15) is 5.78 Å². The minimum Gasteiger partial charge on any atom is -0.414 e. The molecule has 0 saturated heterocycles. The molecule has 4 heteroatoms. The second kappa shape index (κ2) is 7.00. The van der Waals surface area contributed by atoms with E-state index in [0.29, 0.717) is 12.3 Å². The average molecular weight is 289 g/mol. The fourth-order valence-electron chi connectivity index (χ4n) is 1.69. The van der Waals surface area contributed by atoms with Crippen LogP contribution in [0.25, 0.3) is 0 Å². The summed E-state index contributed by atoms with van der Waals surface area (Å²) in [4.78, 5) is 11.1. The predicted molar refractivity (Wildman–Crippen MR) is 82.8 cm³/mol. The molecule has 0 aromatic heterocycles. The fourth-order valence-corrected chi connectivity index (χ4v) is 3.17. The second-order valence-corrected chi connectivity index (χ2v) is 12.2. The first-order valence-corrected chi connectivity index (χ1v) is 10.1. The van der Waals surface area contributed by atoms with Gasteiger partial charge < -0.3 is 9.53 Å². The monoisotopic (exact) mass is 288 g/mol. The molecule has 0 amide bonds. The molecule has 0 bridgehead atoms. The number of Topliss-reactive ketones (excluding diaryl/α,β-unsaturated/α-hetero) is 1. The van der Waals surface area contributed by atoms with Crippen LogP contribution < -0.4 is 0 Å². The molecule has 3 nitrogen and oxygen atoms in total. The van der Waals surface area contributed by atoms with Crippen molar-refractivity contribution in [1.29, 1.82) is 0 Å². The predicted octanol–water partition coefficient (Wildman–Crippen LogP) is 3.76. The quantitative estimate of drug-likeness (QED) is 0.726. The van der Waals surface area contributed by atoms with Gasteiger partial charge in [0.2, 0.25) is 0 Å². The Morgan fingerprint density at radius 1 is 1.26 bits per heavy atom. The molecule has 0 aromatic carbocycles. The lowest BCUT2D eigenvalue weighted by atomic mass is 9.99. The molecule has 0 rings (SSSR count). The third-order valence-electron chi connectivity index (χ3n) is 4.02. The van der Waals surface area contributed by atoms with Crippen LogP contribution in [0.4, 0.5) is 0 Å². The standard InChI is InChI=1S/C15H32O3Si/c1-11(2)14(10-13(17)9-12(3)16)18-19(7,8)15(4,5)6/h11,13-14,17H,9-10H2,1-8H3/t13-,14+/m0/s1. The molecule has 0 fully saturated rings. The van der Waals surface area contributed by atoms with Crippen molar-refractivity contribution in [2.75, 3.05) is 0 Å². The Morgan fingerprint density at radius 3 is 2.05 bits per heavy atom.